The average Bonchev–Trinajstić information content (AvgIpc) is 2.48. The first kappa shape index (κ1) is 17.3. The summed E-state index contributed by atoms with van der Waals surface area (Å²) in [5, 5.41) is 6.13. The Morgan fingerprint density at radius 3 is 2.71 bits per heavy atom. The Hall–Kier alpha value is -1.75. The van der Waals surface area contributed by atoms with Crippen molar-refractivity contribution in [3.05, 3.63) is 23.8 Å². The summed E-state index contributed by atoms with van der Waals surface area (Å²) < 4.78 is 11.0. The van der Waals surface area contributed by atoms with Crippen LogP contribution in [-0.4, -0.2) is 32.2 Å². The molecule has 1 aromatic carbocycles. The van der Waals surface area contributed by atoms with E-state index >= 15 is 0 Å². The first-order valence-corrected chi connectivity index (χ1v) is 7.37. The third kappa shape index (κ3) is 6.04. The largest absolute Gasteiger partial charge is 0.493 e. The smallest absolute Gasteiger partial charge is 0.257 e. The minimum Gasteiger partial charge on any atom is -0.493 e. The van der Waals surface area contributed by atoms with Crippen molar-refractivity contribution in [1.82, 2.24) is 10.6 Å². The van der Waals surface area contributed by atoms with Crippen molar-refractivity contribution < 1.29 is 14.3 Å². The van der Waals surface area contributed by atoms with Gasteiger partial charge in [-0.3, -0.25) is 4.79 Å². The third-order valence-corrected chi connectivity index (χ3v) is 2.90. The average molecular weight is 294 g/mol. The third-order valence-electron chi connectivity index (χ3n) is 2.90. The van der Waals surface area contributed by atoms with E-state index in [9.17, 15) is 4.79 Å². The second-order valence-corrected chi connectivity index (χ2v) is 5.12. The molecule has 0 spiro atoms. The van der Waals surface area contributed by atoms with E-state index in [0.717, 1.165) is 12.0 Å². The minimum atomic E-state index is -0.120. The molecule has 0 saturated carbocycles. The number of ether oxygens (including phenoxy) is 2. The highest BCUT2D eigenvalue weighted by Gasteiger charge is 2.12. The predicted octanol–water partition coefficient (Wildman–Crippen LogP) is 2.10. The minimum absolute atomic E-state index is 0.00491. The fourth-order valence-electron chi connectivity index (χ4n) is 1.79. The van der Waals surface area contributed by atoms with Gasteiger partial charge in [0.05, 0.1) is 7.11 Å². The van der Waals surface area contributed by atoms with Crippen molar-refractivity contribution in [3.63, 3.8) is 0 Å². The van der Waals surface area contributed by atoms with E-state index < -0.39 is 0 Å². The van der Waals surface area contributed by atoms with Gasteiger partial charge >= 0.3 is 0 Å². The zero-order chi connectivity index (χ0) is 15.7. The number of carbonyl (C=O) groups is 1. The molecular weight excluding hydrogens is 268 g/mol. The number of amides is 1. The molecule has 1 amide bonds. The van der Waals surface area contributed by atoms with Crippen molar-refractivity contribution in [3.8, 4) is 11.5 Å². The molecule has 0 bridgehead atoms. The summed E-state index contributed by atoms with van der Waals surface area (Å²) >= 11 is 0. The summed E-state index contributed by atoms with van der Waals surface area (Å²) in [7, 11) is 1.60. The Kier molecular flexibility index (Phi) is 7.61. The van der Waals surface area contributed by atoms with Crippen molar-refractivity contribution in [2.24, 2.45) is 0 Å². The normalized spacial score (nSPS) is 10.5. The Bertz CT molecular complexity index is 447. The number of rotatable bonds is 9. The second kappa shape index (κ2) is 9.23. The Balaban J connectivity index is 2.74. The molecule has 0 aliphatic carbocycles. The molecule has 0 saturated heterocycles. The summed E-state index contributed by atoms with van der Waals surface area (Å²) in [6.07, 6.45) is 0.907. The van der Waals surface area contributed by atoms with Crippen LogP contribution in [0.2, 0.25) is 0 Å². The summed E-state index contributed by atoms with van der Waals surface area (Å²) in [5.41, 5.74) is 0.978. The first-order chi connectivity index (χ1) is 10.1. The topological polar surface area (TPSA) is 59.6 Å². The number of benzene rings is 1. The molecule has 1 rings (SSSR count). The van der Waals surface area contributed by atoms with Gasteiger partial charge in [0.1, 0.15) is 0 Å². The summed E-state index contributed by atoms with van der Waals surface area (Å²) in [6.45, 7) is 7.50. The molecule has 0 aromatic heterocycles. The van der Waals surface area contributed by atoms with Crippen molar-refractivity contribution >= 4 is 5.91 Å². The van der Waals surface area contributed by atoms with Crippen LogP contribution in [0.3, 0.4) is 0 Å². The number of carbonyl (C=O) groups excluding carboxylic acids is 1. The quantitative estimate of drug-likeness (QED) is 0.732. The molecule has 0 fully saturated rings. The van der Waals surface area contributed by atoms with E-state index in [1.165, 1.54) is 0 Å². The van der Waals surface area contributed by atoms with Gasteiger partial charge in [0.2, 0.25) is 0 Å². The van der Waals surface area contributed by atoms with Crippen molar-refractivity contribution in [2.45, 2.75) is 39.8 Å². The number of methoxy groups -OCH3 is 1. The van der Waals surface area contributed by atoms with Gasteiger partial charge in [0.15, 0.2) is 18.1 Å². The van der Waals surface area contributed by atoms with Gasteiger partial charge in [-0.1, -0.05) is 32.9 Å². The molecule has 0 aliphatic rings. The maximum absolute atomic E-state index is 11.7. The summed E-state index contributed by atoms with van der Waals surface area (Å²) in [4.78, 5) is 11.7. The van der Waals surface area contributed by atoms with Gasteiger partial charge in [-0.2, -0.15) is 0 Å². The zero-order valence-corrected chi connectivity index (χ0v) is 13.4. The van der Waals surface area contributed by atoms with E-state index in [4.69, 9.17) is 9.47 Å². The van der Waals surface area contributed by atoms with Crippen LogP contribution >= 0.6 is 0 Å². The lowest BCUT2D eigenvalue weighted by molar-refractivity contribution is -0.123. The van der Waals surface area contributed by atoms with Crippen LogP contribution in [0.1, 0.15) is 32.8 Å². The SMILES string of the molecule is CCCNC(=O)COc1c(CNC(C)C)cccc1OC. The summed E-state index contributed by atoms with van der Waals surface area (Å²) in [5.74, 6) is 1.15. The lowest BCUT2D eigenvalue weighted by Gasteiger charge is -2.16. The fourth-order valence-corrected chi connectivity index (χ4v) is 1.79. The number of hydrogen-bond acceptors (Lipinski definition) is 4. The van der Waals surface area contributed by atoms with Gasteiger partial charge in [-0.05, 0) is 12.5 Å². The Morgan fingerprint density at radius 2 is 2.10 bits per heavy atom. The van der Waals surface area contributed by atoms with Gasteiger partial charge in [-0.25, -0.2) is 0 Å². The van der Waals surface area contributed by atoms with E-state index in [1.54, 1.807) is 7.11 Å². The van der Waals surface area contributed by atoms with Crippen molar-refractivity contribution in [2.75, 3.05) is 20.3 Å². The highest BCUT2D eigenvalue weighted by atomic mass is 16.5. The van der Waals surface area contributed by atoms with Gasteiger partial charge in [0.25, 0.3) is 5.91 Å². The van der Waals surface area contributed by atoms with E-state index in [1.807, 2.05) is 25.1 Å². The molecule has 5 heteroatoms. The van der Waals surface area contributed by atoms with Crippen LogP contribution in [0, 0.1) is 0 Å². The van der Waals surface area contributed by atoms with Gasteiger partial charge in [-0.15, -0.1) is 0 Å². The van der Waals surface area contributed by atoms with Crippen LogP contribution in [-0.2, 0) is 11.3 Å². The predicted molar refractivity (Wildman–Crippen MR) is 83.8 cm³/mol. The van der Waals surface area contributed by atoms with Crippen LogP contribution < -0.4 is 20.1 Å². The monoisotopic (exact) mass is 294 g/mol. The zero-order valence-electron chi connectivity index (χ0n) is 13.4. The van der Waals surface area contributed by atoms with Crippen LogP contribution in [0.25, 0.3) is 0 Å². The van der Waals surface area contributed by atoms with Gasteiger partial charge < -0.3 is 20.1 Å². The fraction of sp³-hybridized carbons (Fsp3) is 0.562. The maximum Gasteiger partial charge on any atom is 0.257 e. The second-order valence-electron chi connectivity index (χ2n) is 5.12. The number of para-hydroxylation sites is 1. The highest BCUT2D eigenvalue weighted by molar-refractivity contribution is 5.77. The van der Waals surface area contributed by atoms with Gasteiger partial charge in [0, 0.05) is 24.7 Å². The van der Waals surface area contributed by atoms with Crippen LogP contribution in [0.5, 0.6) is 11.5 Å². The van der Waals surface area contributed by atoms with E-state index in [-0.39, 0.29) is 12.5 Å². The molecule has 1 aromatic rings. The molecule has 0 aliphatic heterocycles. The Morgan fingerprint density at radius 1 is 1.33 bits per heavy atom. The Labute approximate surface area is 127 Å². The highest BCUT2D eigenvalue weighted by Crippen LogP contribution is 2.31. The van der Waals surface area contributed by atoms with E-state index in [2.05, 4.69) is 24.5 Å². The number of nitrogens with one attached hydrogen (secondary N) is 2. The molecule has 0 atom stereocenters. The molecule has 0 heterocycles. The molecule has 0 unspecified atom stereocenters. The van der Waals surface area contributed by atoms with Crippen molar-refractivity contribution in [1.29, 1.82) is 0 Å². The number of hydrogen-bond donors (Lipinski definition) is 2. The lowest BCUT2D eigenvalue weighted by atomic mass is 10.1. The molecule has 21 heavy (non-hydrogen) atoms. The lowest BCUT2D eigenvalue weighted by Crippen LogP contribution is -2.29. The standard InChI is InChI=1S/C16H26N2O3/c1-5-9-17-15(19)11-21-16-13(10-18-12(2)3)7-6-8-14(16)20-4/h6-8,12,18H,5,9-11H2,1-4H3,(H,17,19). The molecule has 5 nitrogen and oxygen atoms in total. The first-order valence-electron chi connectivity index (χ1n) is 7.37. The van der Waals surface area contributed by atoms with E-state index in [0.29, 0.717) is 30.6 Å². The molecule has 118 valence electrons. The molecular formula is C16H26N2O3. The molecule has 0 radical (unpaired) electrons. The maximum atomic E-state index is 11.7. The van der Waals surface area contributed by atoms with Crippen LogP contribution in [0.4, 0.5) is 0 Å². The van der Waals surface area contributed by atoms with Crippen LogP contribution in [0.15, 0.2) is 18.2 Å². The summed E-state index contributed by atoms with van der Waals surface area (Å²) in [6, 6.07) is 6.09. The molecule has 2 N–H and O–H groups in total.